The van der Waals surface area contributed by atoms with Crippen LogP contribution in [0.15, 0.2) is 29.4 Å². The first-order valence-corrected chi connectivity index (χ1v) is 9.56. The number of alkyl halides is 1. The van der Waals surface area contributed by atoms with Gasteiger partial charge in [-0.2, -0.15) is 13.4 Å². The average Bonchev–Trinajstić information content (AvgIpc) is 2.59. The zero-order valence-electron chi connectivity index (χ0n) is 14.7. The zero-order chi connectivity index (χ0) is 20.2. The van der Waals surface area contributed by atoms with Crippen molar-refractivity contribution in [1.82, 2.24) is 19.7 Å². The molecule has 2 heterocycles. The second-order valence-electron chi connectivity index (χ2n) is 5.46. The lowest BCUT2D eigenvalue weighted by Gasteiger charge is -2.16. The van der Waals surface area contributed by atoms with Gasteiger partial charge in [-0.05, 0) is 19.9 Å². The number of hydrogen-bond acceptors (Lipinski definition) is 8. The molecule has 0 aliphatic rings. The second-order valence-corrected chi connectivity index (χ2v) is 7.74. The SMILES string of the molecule is COc1cc(C)nc(NC(=O)NS(=O)(=O)c2ncccc2C(O)C(C)Cl)n1. The van der Waals surface area contributed by atoms with Crippen LogP contribution in [0.4, 0.5) is 10.7 Å². The third-order valence-electron chi connectivity index (χ3n) is 3.30. The van der Waals surface area contributed by atoms with Crippen molar-refractivity contribution in [3.63, 3.8) is 0 Å². The van der Waals surface area contributed by atoms with Gasteiger partial charge in [0.25, 0.3) is 10.0 Å². The number of methoxy groups -OCH3 is 1. The topological polar surface area (TPSA) is 143 Å². The van der Waals surface area contributed by atoms with Gasteiger partial charge >= 0.3 is 6.03 Å². The quantitative estimate of drug-likeness (QED) is 0.600. The minimum atomic E-state index is -4.39. The third kappa shape index (κ3) is 5.25. The number of aliphatic hydroxyl groups is 1. The summed E-state index contributed by atoms with van der Waals surface area (Å²) in [6.45, 7) is 3.15. The predicted molar refractivity (Wildman–Crippen MR) is 97.2 cm³/mol. The summed E-state index contributed by atoms with van der Waals surface area (Å²) in [5.41, 5.74) is 0.472. The van der Waals surface area contributed by atoms with E-state index in [0.717, 1.165) is 0 Å². The van der Waals surface area contributed by atoms with E-state index in [1.165, 1.54) is 38.4 Å². The lowest BCUT2D eigenvalue weighted by atomic mass is 10.1. The molecule has 0 aliphatic heterocycles. The predicted octanol–water partition coefficient (Wildman–Crippen LogP) is 1.36. The molecule has 2 aromatic rings. The molecule has 2 aromatic heterocycles. The molecule has 0 radical (unpaired) electrons. The fourth-order valence-electron chi connectivity index (χ4n) is 2.10. The molecule has 0 saturated carbocycles. The van der Waals surface area contributed by atoms with Crippen molar-refractivity contribution in [3.8, 4) is 5.88 Å². The minimum absolute atomic E-state index is 0.0335. The Morgan fingerprint density at radius 1 is 1.37 bits per heavy atom. The highest BCUT2D eigenvalue weighted by Gasteiger charge is 2.28. The Kier molecular flexibility index (Phi) is 6.52. The standard InChI is InChI=1S/C15H18ClN5O5S/c1-8-7-11(26-3)19-14(18-8)20-15(23)21-27(24,25)13-10(5-4-6-17-13)12(22)9(2)16/h4-7,9,12,22H,1-3H3,(H2,18,19,20,21,23). The number of halogens is 1. The number of anilines is 1. The van der Waals surface area contributed by atoms with E-state index in [1.54, 1.807) is 11.6 Å². The number of rotatable bonds is 6. The van der Waals surface area contributed by atoms with Crippen LogP contribution in [0.1, 0.15) is 24.3 Å². The number of carbonyl (C=O) groups excluding carboxylic acids is 1. The summed E-state index contributed by atoms with van der Waals surface area (Å²) in [5, 5.41) is 11.0. The van der Waals surface area contributed by atoms with Crippen LogP contribution in [-0.4, -0.2) is 47.0 Å². The summed E-state index contributed by atoms with van der Waals surface area (Å²) >= 11 is 5.84. The van der Waals surface area contributed by atoms with E-state index in [9.17, 15) is 18.3 Å². The highest BCUT2D eigenvalue weighted by Crippen LogP contribution is 2.25. The Hall–Kier alpha value is -2.50. The van der Waals surface area contributed by atoms with Crippen LogP contribution in [-0.2, 0) is 10.0 Å². The van der Waals surface area contributed by atoms with Crippen LogP contribution >= 0.6 is 11.6 Å². The van der Waals surface area contributed by atoms with E-state index in [-0.39, 0.29) is 17.4 Å². The van der Waals surface area contributed by atoms with Gasteiger partial charge in [-0.15, -0.1) is 11.6 Å². The number of aliphatic hydroxyl groups excluding tert-OH is 1. The number of nitrogens with one attached hydrogen (secondary N) is 2. The molecule has 27 heavy (non-hydrogen) atoms. The van der Waals surface area contributed by atoms with Crippen LogP contribution in [0, 0.1) is 6.92 Å². The van der Waals surface area contributed by atoms with Gasteiger partial charge < -0.3 is 9.84 Å². The molecule has 0 spiro atoms. The van der Waals surface area contributed by atoms with Crippen molar-refractivity contribution in [1.29, 1.82) is 0 Å². The lowest BCUT2D eigenvalue weighted by Crippen LogP contribution is -2.36. The monoisotopic (exact) mass is 415 g/mol. The molecule has 146 valence electrons. The number of pyridine rings is 1. The molecule has 0 aromatic carbocycles. The van der Waals surface area contributed by atoms with E-state index in [0.29, 0.717) is 5.69 Å². The number of sulfonamides is 1. The summed E-state index contributed by atoms with van der Waals surface area (Å²) in [5.74, 6) is 0.0575. The molecule has 2 rings (SSSR count). The molecule has 3 N–H and O–H groups in total. The number of nitrogens with zero attached hydrogens (tertiary/aromatic N) is 3. The van der Waals surface area contributed by atoms with Crippen molar-refractivity contribution in [2.24, 2.45) is 0 Å². The molecule has 12 heteroatoms. The van der Waals surface area contributed by atoms with Gasteiger partial charge in [0, 0.05) is 23.5 Å². The maximum Gasteiger partial charge on any atom is 0.335 e. The summed E-state index contributed by atoms with van der Waals surface area (Å²) in [7, 11) is -3.00. The number of carbonyl (C=O) groups is 1. The van der Waals surface area contributed by atoms with Gasteiger partial charge in [-0.1, -0.05) is 6.07 Å². The van der Waals surface area contributed by atoms with Crippen molar-refractivity contribution >= 4 is 33.6 Å². The molecule has 0 saturated heterocycles. The molecule has 2 atom stereocenters. The van der Waals surface area contributed by atoms with Crippen molar-refractivity contribution < 1.29 is 23.1 Å². The molecule has 2 amide bonds. The first-order chi connectivity index (χ1) is 12.6. The molecule has 10 nitrogen and oxygen atoms in total. The van der Waals surface area contributed by atoms with Crippen molar-refractivity contribution in [2.45, 2.75) is 30.4 Å². The number of ether oxygens (including phenoxy) is 1. The van der Waals surface area contributed by atoms with Gasteiger partial charge in [0.15, 0.2) is 5.03 Å². The number of aromatic nitrogens is 3. The fraction of sp³-hybridized carbons (Fsp3) is 0.333. The summed E-state index contributed by atoms with van der Waals surface area (Å²) < 4.78 is 31.8. The maximum absolute atomic E-state index is 12.5. The molecular formula is C15H18ClN5O5S. The largest absolute Gasteiger partial charge is 0.481 e. The van der Waals surface area contributed by atoms with Gasteiger partial charge in [0.05, 0.1) is 18.6 Å². The van der Waals surface area contributed by atoms with Crippen LogP contribution in [0.25, 0.3) is 0 Å². The molecule has 0 aliphatic carbocycles. The Labute approximate surface area is 161 Å². The smallest absolute Gasteiger partial charge is 0.335 e. The number of hydrogen-bond donors (Lipinski definition) is 3. The number of aryl methyl sites for hydroxylation is 1. The van der Waals surface area contributed by atoms with Crippen LogP contribution in [0.5, 0.6) is 5.88 Å². The molecule has 2 unspecified atom stereocenters. The van der Waals surface area contributed by atoms with Gasteiger partial charge in [-0.25, -0.2) is 19.5 Å². The first kappa shape index (κ1) is 20.8. The minimum Gasteiger partial charge on any atom is -0.481 e. The van der Waals surface area contributed by atoms with Crippen LogP contribution in [0.2, 0.25) is 0 Å². The maximum atomic E-state index is 12.5. The van der Waals surface area contributed by atoms with E-state index in [1.807, 2.05) is 0 Å². The zero-order valence-corrected chi connectivity index (χ0v) is 16.2. The number of urea groups is 1. The Balaban J connectivity index is 2.24. The highest BCUT2D eigenvalue weighted by atomic mass is 35.5. The fourth-order valence-corrected chi connectivity index (χ4v) is 3.32. The lowest BCUT2D eigenvalue weighted by molar-refractivity contribution is 0.173. The van der Waals surface area contributed by atoms with E-state index >= 15 is 0 Å². The van der Waals surface area contributed by atoms with Crippen LogP contribution < -0.4 is 14.8 Å². The van der Waals surface area contributed by atoms with E-state index < -0.39 is 32.6 Å². The first-order valence-electron chi connectivity index (χ1n) is 7.64. The van der Waals surface area contributed by atoms with Crippen molar-refractivity contribution in [3.05, 3.63) is 35.7 Å². The van der Waals surface area contributed by atoms with Gasteiger partial charge in [0.1, 0.15) is 0 Å². The summed E-state index contributed by atoms with van der Waals surface area (Å²) in [4.78, 5) is 23.7. The third-order valence-corrected chi connectivity index (χ3v) is 4.84. The summed E-state index contributed by atoms with van der Waals surface area (Å²) in [6, 6.07) is 3.24. The molecule has 0 bridgehead atoms. The molecular weight excluding hydrogens is 398 g/mol. The average molecular weight is 416 g/mol. The Morgan fingerprint density at radius 3 is 2.70 bits per heavy atom. The van der Waals surface area contributed by atoms with Gasteiger partial charge in [-0.3, -0.25) is 5.32 Å². The number of amides is 2. The van der Waals surface area contributed by atoms with Crippen molar-refractivity contribution in [2.75, 3.05) is 12.4 Å². The highest BCUT2D eigenvalue weighted by molar-refractivity contribution is 7.90. The normalized spacial score (nSPS) is 13.5. The summed E-state index contributed by atoms with van der Waals surface area (Å²) in [6.07, 6.45) is -0.0739. The molecule has 0 fully saturated rings. The van der Waals surface area contributed by atoms with E-state index in [4.69, 9.17) is 16.3 Å². The van der Waals surface area contributed by atoms with Crippen LogP contribution in [0.3, 0.4) is 0 Å². The van der Waals surface area contributed by atoms with E-state index in [2.05, 4.69) is 20.3 Å². The Morgan fingerprint density at radius 2 is 2.07 bits per heavy atom. The Bertz CT molecular complexity index is 938. The van der Waals surface area contributed by atoms with Gasteiger partial charge in [0.2, 0.25) is 11.8 Å². The second kappa shape index (κ2) is 8.46.